The van der Waals surface area contributed by atoms with Crippen LogP contribution in [-0.2, 0) is 4.79 Å². The Labute approximate surface area is 228 Å². The number of para-hydroxylation sites is 1. The summed E-state index contributed by atoms with van der Waals surface area (Å²) in [6.45, 7) is 8.75. The number of nitrogens with zero attached hydrogens (tertiary/aromatic N) is 4. The van der Waals surface area contributed by atoms with Gasteiger partial charge in [-0.1, -0.05) is 24.3 Å². The van der Waals surface area contributed by atoms with Gasteiger partial charge in [0.05, 0.1) is 17.8 Å². The van der Waals surface area contributed by atoms with Crippen LogP contribution in [-0.4, -0.2) is 37.0 Å². The molecule has 4 aromatic rings. The fourth-order valence-electron chi connectivity index (χ4n) is 5.21. The third-order valence-corrected chi connectivity index (χ3v) is 7.47. The second kappa shape index (κ2) is 10.8. The van der Waals surface area contributed by atoms with Crippen molar-refractivity contribution in [1.29, 1.82) is 0 Å². The quantitative estimate of drug-likeness (QED) is 0.311. The van der Waals surface area contributed by atoms with Crippen LogP contribution in [0.4, 0.5) is 5.69 Å². The van der Waals surface area contributed by atoms with Crippen LogP contribution in [0.25, 0.3) is 5.82 Å². The number of benzene rings is 1. The van der Waals surface area contributed by atoms with Crippen molar-refractivity contribution in [2.75, 3.05) is 11.9 Å². The minimum absolute atomic E-state index is 0.0448. The monoisotopic (exact) mass is 524 g/mol. The van der Waals surface area contributed by atoms with Crippen molar-refractivity contribution < 1.29 is 4.79 Å². The lowest BCUT2D eigenvalue weighted by Gasteiger charge is -2.28. The Bertz CT molecular complexity index is 1480. The highest BCUT2D eigenvalue weighted by molar-refractivity contribution is 7.80. The van der Waals surface area contributed by atoms with E-state index in [-0.39, 0.29) is 18.0 Å². The fraction of sp³-hybridized carbons (Fsp3) is 0.267. The highest BCUT2D eigenvalue weighted by Gasteiger charge is 2.41. The summed E-state index contributed by atoms with van der Waals surface area (Å²) < 4.78 is 2.18. The number of pyridine rings is 2. The largest absolute Gasteiger partial charge is 0.352 e. The van der Waals surface area contributed by atoms with Gasteiger partial charge in [-0.2, -0.15) is 0 Å². The fourth-order valence-corrected chi connectivity index (χ4v) is 5.55. The minimum Gasteiger partial charge on any atom is -0.352 e. The molecule has 0 bridgehead atoms. The number of carbonyl (C=O) groups excluding carboxylic acids is 1. The average molecular weight is 525 g/mol. The van der Waals surface area contributed by atoms with Gasteiger partial charge in [-0.05, 0) is 93.0 Å². The van der Waals surface area contributed by atoms with Gasteiger partial charge in [0.15, 0.2) is 5.11 Å². The molecule has 194 valence electrons. The molecule has 0 aliphatic carbocycles. The molecule has 2 N–H and O–H groups in total. The second-order valence-corrected chi connectivity index (χ2v) is 10.2. The molecule has 0 saturated carbocycles. The van der Waals surface area contributed by atoms with E-state index < -0.39 is 0 Å². The van der Waals surface area contributed by atoms with Gasteiger partial charge in [0, 0.05) is 42.4 Å². The summed E-state index contributed by atoms with van der Waals surface area (Å²) in [4.78, 5) is 24.3. The Morgan fingerprint density at radius 2 is 1.79 bits per heavy atom. The second-order valence-electron chi connectivity index (χ2n) is 9.79. The Balaban J connectivity index is 1.48. The molecule has 1 aliphatic rings. The molecule has 1 fully saturated rings. The molecule has 0 spiro atoms. The Morgan fingerprint density at radius 3 is 2.53 bits per heavy atom. The third-order valence-electron chi connectivity index (χ3n) is 7.12. The maximum absolute atomic E-state index is 12.9. The SMILES string of the molecule is Cc1ccnc(-n2c(C)cc([C@H]3[C@@H](c4ccccn4)NC(=S)N3CCC(=O)Nc3ccccc3C)c2C)c1. The molecule has 7 nitrogen and oxygen atoms in total. The first-order valence-corrected chi connectivity index (χ1v) is 13.2. The molecule has 0 radical (unpaired) electrons. The van der Waals surface area contributed by atoms with E-state index >= 15 is 0 Å². The summed E-state index contributed by atoms with van der Waals surface area (Å²) in [5.74, 6) is 0.842. The van der Waals surface area contributed by atoms with E-state index in [9.17, 15) is 4.79 Å². The number of thiocarbonyl (C=S) groups is 1. The zero-order chi connectivity index (χ0) is 26.8. The predicted molar refractivity (Wildman–Crippen MR) is 154 cm³/mol. The first-order valence-electron chi connectivity index (χ1n) is 12.8. The van der Waals surface area contributed by atoms with Crippen molar-refractivity contribution in [2.24, 2.45) is 0 Å². The van der Waals surface area contributed by atoms with Crippen LogP contribution in [0.2, 0.25) is 0 Å². The van der Waals surface area contributed by atoms with E-state index in [1.54, 1.807) is 6.20 Å². The summed E-state index contributed by atoms with van der Waals surface area (Å²) >= 11 is 5.83. The summed E-state index contributed by atoms with van der Waals surface area (Å²) in [6.07, 6.45) is 3.95. The van der Waals surface area contributed by atoms with Gasteiger partial charge in [-0.15, -0.1) is 0 Å². The van der Waals surface area contributed by atoms with Crippen LogP contribution in [0.3, 0.4) is 0 Å². The zero-order valence-electron chi connectivity index (χ0n) is 22.1. The minimum atomic E-state index is -0.150. The molecule has 38 heavy (non-hydrogen) atoms. The Hall–Kier alpha value is -4.04. The van der Waals surface area contributed by atoms with Crippen LogP contribution in [0, 0.1) is 27.7 Å². The van der Waals surface area contributed by atoms with Gasteiger partial charge in [0.25, 0.3) is 0 Å². The number of hydrogen-bond donors (Lipinski definition) is 2. The van der Waals surface area contributed by atoms with E-state index in [2.05, 4.69) is 63.0 Å². The predicted octanol–water partition coefficient (Wildman–Crippen LogP) is 5.50. The molecule has 5 rings (SSSR count). The van der Waals surface area contributed by atoms with Crippen molar-refractivity contribution in [2.45, 2.75) is 46.2 Å². The summed E-state index contributed by atoms with van der Waals surface area (Å²) in [5.41, 5.74) is 7.23. The standard InChI is InChI=1S/C30H32N6OS/c1-19-12-15-32-26(17-19)36-21(3)18-23(22(36)4)29-28(25-11-7-8-14-31-25)34-30(38)35(29)16-13-27(37)33-24-10-6-5-9-20(24)2/h5-12,14-15,17-18,28-29H,13,16H2,1-4H3,(H,33,37)(H,34,38)/t28-,29+/m1/s1. The Morgan fingerprint density at radius 1 is 1.00 bits per heavy atom. The molecule has 0 unspecified atom stereocenters. The highest BCUT2D eigenvalue weighted by atomic mass is 32.1. The maximum Gasteiger partial charge on any atom is 0.226 e. The summed E-state index contributed by atoms with van der Waals surface area (Å²) in [5, 5.41) is 7.16. The number of anilines is 1. The lowest BCUT2D eigenvalue weighted by atomic mass is 9.96. The summed E-state index contributed by atoms with van der Waals surface area (Å²) in [6, 6.07) is 19.7. The van der Waals surface area contributed by atoms with Gasteiger partial charge in [-0.3, -0.25) is 9.78 Å². The normalized spacial score (nSPS) is 16.9. The molecule has 1 aliphatic heterocycles. The molecule has 1 aromatic carbocycles. The van der Waals surface area contributed by atoms with Crippen molar-refractivity contribution in [1.82, 2.24) is 24.8 Å². The maximum atomic E-state index is 12.9. The molecule has 1 amide bonds. The molecule has 2 atom stereocenters. The number of carbonyl (C=O) groups is 1. The smallest absolute Gasteiger partial charge is 0.226 e. The van der Waals surface area contributed by atoms with Gasteiger partial charge in [-0.25, -0.2) is 4.98 Å². The van der Waals surface area contributed by atoms with Crippen molar-refractivity contribution in [3.05, 3.63) is 107 Å². The first-order chi connectivity index (χ1) is 18.3. The highest BCUT2D eigenvalue weighted by Crippen LogP contribution is 2.41. The van der Waals surface area contributed by atoms with E-state index in [1.807, 2.05) is 61.7 Å². The number of aryl methyl sites for hydroxylation is 3. The van der Waals surface area contributed by atoms with Crippen LogP contribution < -0.4 is 10.6 Å². The number of aromatic nitrogens is 3. The van der Waals surface area contributed by atoms with Crippen LogP contribution >= 0.6 is 12.2 Å². The van der Waals surface area contributed by atoms with E-state index in [4.69, 9.17) is 12.2 Å². The van der Waals surface area contributed by atoms with Crippen molar-refractivity contribution in [3.63, 3.8) is 0 Å². The molecule has 3 aromatic heterocycles. The zero-order valence-corrected chi connectivity index (χ0v) is 22.9. The van der Waals surface area contributed by atoms with Gasteiger partial charge >= 0.3 is 0 Å². The molecule has 4 heterocycles. The van der Waals surface area contributed by atoms with E-state index in [0.717, 1.165) is 45.3 Å². The lowest BCUT2D eigenvalue weighted by Crippen LogP contribution is -2.33. The molecular formula is C30H32N6OS. The topological polar surface area (TPSA) is 75.1 Å². The Kier molecular flexibility index (Phi) is 7.24. The van der Waals surface area contributed by atoms with Gasteiger partial charge < -0.3 is 20.1 Å². The van der Waals surface area contributed by atoms with Crippen molar-refractivity contribution >= 4 is 28.9 Å². The molecule has 8 heteroatoms. The van der Waals surface area contributed by atoms with E-state index in [0.29, 0.717) is 18.1 Å². The number of nitrogens with one attached hydrogen (secondary N) is 2. The average Bonchev–Trinajstić information content (AvgIpc) is 3.39. The first kappa shape index (κ1) is 25.6. The van der Waals surface area contributed by atoms with E-state index in [1.165, 1.54) is 0 Å². The van der Waals surface area contributed by atoms with Crippen LogP contribution in [0.1, 0.15) is 52.3 Å². The third kappa shape index (κ3) is 5.04. The van der Waals surface area contributed by atoms with Crippen molar-refractivity contribution in [3.8, 4) is 5.82 Å². The number of amides is 1. The summed E-state index contributed by atoms with van der Waals surface area (Å²) in [7, 11) is 0. The van der Waals surface area contributed by atoms with Crippen LogP contribution in [0.15, 0.2) is 73.1 Å². The lowest BCUT2D eigenvalue weighted by molar-refractivity contribution is -0.116. The molecular weight excluding hydrogens is 492 g/mol. The van der Waals surface area contributed by atoms with Gasteiger partial charge in [0.2, 0.25) is 5.91 Å². The van der Waals surface area contributed by atoms with Crippen LogP contribution in [0.5, 0.6) is 0 Å². The van der Waals surface area contributed by atoms with Gasteiger partial charge in [0.1, 0.15) is 5.82 Å². The number of hydrogen-bond acceptors (Lipinski definition) is 4. The number of rotatable bonds is 7. The molecule has 1 saturated heterocycles.